The normalized spacial score (nSPS) is 11.1. The summed E-state index contributed by atoms with van der Waals surface area (Å²) >= 11 is 0.830. The first kappa shape index (κ1) is 9.83. The molecule has 0 aromatic carbocycles. The Bertz CT molecular complexity index is 201. The van der Waals surface area contributed by atoms with Crippen LogP contribution in [0.25, 0.3) is 0 Å². The maximum atomic E-state index is 10.0. The van der Waals surface area contributed by atoms with Crippen LogP contribution in [0.3, 0.4) is 0 Å². The minimum atomic E-state index is -1.25. The van der Waals surface area contributed by atoms with Crippen molar-refractivity contribution in [3.63, 3.8) is 0 Å². The first-order valence-electron chi connectivity index (χ1n) is 2.56. The van der Waals surface area contributed by atoms with Crippen LogP contribution in [0.2, 0.25) is 0 Å². The average molecular weight is 177 g/mol. The van der Waals surface area contributed by atoms with Gasteiger partial charge < -0.3 is 15.9 Å². The van der Waals surface area contributed by atoms with Crippen LogP contribution >= 0.6 is 11.8 Å². The molecule has 0 aliphatic heterocycles. The predicted molar refractivity (Wildman–Crippen MR) is 40.0 cm³/mol. The molecule has 0 rings (SSSR count). The fraction of sp³-hybridized carbons (Fsp3) is 0.200. The van der Waals surface area contributed by atoms with Gasteiger partial charge in [0.1, 0.15) is 5.70 Å². The summed E-state index contributed by atoms with van der Waals surface area (Å²) in [6.45, 7) is 0. The summed E-state index contributed by atoms with van der Waals surface area (Å²) < 4.78 is 0. The van der Waals surface area contributed by atoms with Crippen molar-refractivity contribution in [1.29, 1.82) is 0 Å². The van der Waals surface area contributed by atoms with E-state index in [1.54, 1.807) is 0 Å². The third-order valence-electron chi connectivity index (χ3n) is 0.664. The van der Waals surface area contributed by atoms with Crippen LogP contribution in [0.5, 0.6) is 0 Å². The van der Waals surface area contributed by atoms with Crippen molar-refractivity contribution < 1.29 is 19.8 Å². The van der Waals surface area contributed by atoms with Gasteiger partial charge in [-0.05, 0) is 0 Å². The van der Waals surface area contributed by atoms with Crippen molar-refractivity contribution in [2.45, 2.75) is 0 Å². The zero-order valence-electron chi connectivity index (χ0n) is 5.48. The largest absolute Gasteiger partial charge is 0.481 e. The van der Waals surface area contributed by atoms with Gasteiger partial charge in [0, 0.05) is 5.41 Å². The third-order valence-corrected chi connectivity index (χ3v) is 1.50. The minimum absolute atomic E-state index is 0.187. The smallest absolute Gasteiger partial charge is 0.352 e. The zero-order valence-corrected chi connectivity index (χ0v) is 6.30. The van der Waals surface area contributed by atoms with Gasteiger partial charge in [-0.15, -0.1) is 11.8 Å². The molecular weight excluding hydrogens is 170 g/mol. The number of carboxylic acids is 2. The maximum absolute atomic E-state index is 10.0. The summed E-state index contributed by atoms with van der Waals surface area (Å²) in [5, 5.41) is 17.4. The second-order valence-corrected chi connectivity index (χ2v) is 2.44. The molecule has 0 radical (unpaired) electrons. The van der Waals surface area contributed by atoms with Crippen LogP contribution < -0.4 is 5.73 Å². The van der Waals surface area contributed by atoms with Crippen molar-refractivity contribution in [2.75, 3.05) is 5.75 Å². The highest BCUT2D eigenvalue weighted by Gasteiger charge is 2.00. The molecule has 62 valence electrons. The molecule has 0 heterocycles. The predicted octanol–water partition coefficient (Wildman–Crippen LogP) is -0.311. The standard InChI is InChI=1S/C5H7NO4S/c6-3(5(9)10)1-11-2-4(7)8/h1H,2,6H2,(H,7,8)(H,9,10). The Hall–Kier alpha value is -1.17. The molecule has 5 nitrogen and oxygen atoms in total. The van der Waals surface area contributed by atoms with E-state index in [9.17, 15) is 9.59 Å². The summed E-state index contributed by atoms with van der Waals surface area (Å²) in [6, 6.07) is 0. The molecule has 4 N–H and O–H groups in total. The van der Waals surface area contributed by atoms with Crippen LogP contribution in [-0.4, -0.2) is 27.9 Å². The summed E-state index contributed by atoms with van der Waals surface area (Å²) in [4.78, 5) is 19.9. The highest BCUT2D eigenvalue weighted by molar-refractivity contribution is 8.02. The van der Waals surface area contributed by atoms with E-state index in [0.717, 1.165) is 17.2 Å². The SMILES string of the molecule is NC(=CSCC(=O)O)C(=O)O. The Morgan fingerprint density at radius 3 is 2.36 bits per heavy atom. The molecule has 0 saturated heterocycles. The van der Waals surface area contributed by atoms with E-state index in [1.165, 1.54) is 0 Å². The quantitative estimate of drug-likeness (QED) is 0.509. The molecule has 0 aliphatic rings. The molecule has 0 unspecified atom stereocenters. The topological polar surface area (TPSA) is 101 Å². The molecule has 0 atom stereocenters. The fourth-order valence-corrected chi connectivity index (χ4v) is 0.759. The number of rotatable bonds is 4. The summed E-state index contributed by atoms with van der Waals surface area (Å²) in [5.41, 5.74) is 4.60. The number of nitrogens with two attached hydrogens (primary N) is 1. The average Bonchev–Trinajstić information content (AvgIpc) is 1.86. The van der Waals surface area contributed by atoms with Crippen molar-refractivity contribution in [2.24, 2.45) is 5.73 Å². The molecular formula is C5H7NO4S. The minimum Gasteiger partial charge on any atom is -0.481 e. The van der Waals surface area contributed by atoms with E-state index < -0.39 is 11.9 Å². The van der Waals surface area contributed by atoms with Crippen molar-refractivity contribution in [1.82, 2.24) is 0 Å². The second kappa shape index (κ2) is 4.62. The lowest BCUT2D eigenvalue weighted by Gasteiger charge is -1.91. The first-order chi connectivity index (χ1) is 5.04. The molecule has 0 aromatic rings. The van der Waals surface area contributed by atoms with E-state index in [1.807, 2.05) is 0 Å². The highest BCUT2D eigenvalue weighted by Crippen LogP contribution is 2.03. The number of carbonyl (C=O) groups is 2. The van der Waals surface area contributed by atoms with Crippen LogP contribution in [0.4, 0.5) is 0 Å². The first-order valence-corrected chi connectivity index (χ1v) is 3.61. The molecule has 0 aromatic heterocycles. The van der Waals surface area contributed by atoms with E-state index in [-0.39, 0.29) is 11.4 Å². The second-order valence-electron chi connectivity index (χ2n) is 1.58. The monoisotopic (exact) mass is 177 g/mol. The van der Waals surface area contributed by atoms with E-state index >= 15 is 0 Å². The molecule has 0 spiro atoms. The van der Waals surface area contributed by atoms with Gasteiger partial charge in [-0.1, -0.05) is 0 Å². The highest BCUT2D eigenvalue weighted by atomic mass is 32.2. The molecule has 6 heteroatoms. The van der Waals surface area contributed by atoms with E-state index in [4.69, 9.17) is 15.9 Å². The number of carboxylic acid groups (broad SMARTS) is 2. The molecule has 11 heavy (non-hydrogen) atoms. The summed E-state index contributed by atoms with van der Waals surface area (Å²) in [6.07, 6.45) is 0. The van der Waals surface area contributed by atoms with Crippen molar-refractivity contribution in [3.05, 3.63) is 11.1 Å². The van der Waals surface area contributed by atoms with Crippen LogP contribution in [-0.2, 0) is 9.59 Å². The van der Waals surface area contributed by atoms with Gasteiger partial charge in [0.2, 0.25) is 0 Å². The molecule has 0 amide bonds. The lowest BCUT2D eigenvalue weighted by Crippen LogP contribution is -2.09. The van der Waals surface area contributed by atoms with Crippen molar-refractivity contribution >= 4 is 23.7 Å². The molecule has 0 bridgehead atoms. The van der Waals surface area contributed by atoms with E-state index in [0.29, 0.717) is 0 Å². The van der Waals surface area contributed by atoms with Crippen LogP contribution in [0, 0.1) is 0 Å². The Morgan fingerprint density at radius 1 is 1.45 bits per heavy atom. The third kappa shape index (κ3) is 5.28. The Kier molecular flexibility index (Phi) is 4.12. The summed E-state index contributed by atoms with van der Waals surface area (Å²) in [7, 11) is 0. The Labute approximate surface area is 66.9 Å². The lowest BCUT2D eigenvalue weighted by molar-refractivity contribution is -0.134. The zero-order chi connectivity index (χ0) is 8.85. The number of thioether (sulfide) groups is 1. The number of hydrogen-bond acceptors (Lipinski definition) is 4. The van der Waals surface area contributed by atoms with Gasteiger partial charge in [-0.25, -0.2) is 4.79 Å². The Morgan fingerprint density at radius 2 is 2.00 bits per heavy atom. The number of hydrogen-bond donors (Lipinski definition) is 3. The maximum Gasteiger partial charge on any atom is 0.352 e. The fourth-order valence-electron chi connectivity index (χ4n) is 0.253. The van der Waals surface area contributed by atoms with Gasteiger partial charge in [0.15, 0.2) is 0 Å². The lowest BCUT2D eigenvalue weighted by atomic mass is 10.5. The van der Waals surface area contributed by atoms with E-state index in [2.05, 4.69) is 0 Å². The van der Waals surface area contributed by atoms with Crippen LogP contribution in [0.1, 0.15) is 0 Å². The summed E-state index contributed by atoms with van der Waals surface area (Å²) in [5.74, 6) is -2.44. The number of aliphatic carboxylic acids is 2. The Balaban J connectivity index is 3.74. The van der Waals surface area contributed by atoms with Crippen molar-refractivity contribution in [3.8, 4) is 0 Å². The molecule has 0 aliphatic carbocycles. The van der Waals surface area contributed by atoms with Crippen LogP contribution in [0.15, 0.2) is 11.1 Å². The molecule has 0 saturated carbocycles. The van der Waals surface area contributed by atoms with Gasteiger partial charge in [-0.2, -0.15) is 0 Å². The van der Waals surface area contributed by atoms with Gasteiger partial charge >= 0.3 is 11.9 Å². The molecule has 0 fully saturated rings. The van der Waals surface area contributed by atoms with Gasteiger partial charge in [0.05, 0.1) is 5.75 Å². The van der Waals surface area contributed by atoms with Gasteiger partial charge in [-0.3, -0.25) is 4.79 Å². The van der Waals surface area contributed by atoms with Gasteiger partial charge in [0.25, 0.3) is 0 Å².